The van der Waals surface area contributed by atoms with Gasteiger partial charge in [0, 0.05) is 25.7 Å². The second-order valence-electron chi connectivity index (χ2n) is 6.67. The minimum atomic E-state index is -0.388. The first-order valence-corrected chi connectivity index (χ1v) is 9.15. The molecule has 2 nitrogen and oxygen atoms in total. The lowest BCUT2D eigenvalue weighted by Gasteiger charge is -2.21. The molecular weight excluding hydrogens is 298 g/mol. The van der Waals surface area contributed by atoms with Crippen molar-refractivity contribution < 1.29 is 4.79 Å². The van der Waals surface area contributed by atoms with Crippen LogP contribution in [0.5, 0.6) is 0 Å². The maximum absolute atomic E-state index is 12.3. The maximum Gasteiger partial charge on any atom is 0.229 e. The second kappa shape index (κ2) is 7.59. The number of hydrogen-bond donors (Lipinski definition) is 1. The smallest absolute Gasteiger partial charge is 0.229 e. The standard InChI is InChI=1S/C17H27NOS2/c1-11(2)20-14-10-8-9-13(15(14)21-12(3)4)18-16(19)17(5,6)7/h8-12H,1-7H3,(H,18,19). The highest BCUT2D eigenvalue weighted by Gasteiger charge is 2.23. The molecule has 0 aromatic heterocycles. The van der Waals surface area contributed by atoms with Crippen molar-refractivity contribution in [2.24, 2.45) is 5.41 Å². The Hall–Kier alpha value is -0.610. The molecule has 1 rings (SSSR count). The SMILES string of the molecule is CC(C)Sc1cccc(NC(=O)C(C)(C)C)c1SC(C)C. The van der Waals surface area contributed by atoms with Crippen LogP contribution in [0.1, 0.15) is 48.5 Å². The largest absolute Gasteiger partial charge is 0.325 e. The Bertz CT molecular complexity index is 490. The molecule has 0 aliphatic carbocycles. The summed E-state index contributed by atoms with van der Waals surface area (Å²) in [6, 6.07) is 6.16. The first kappa shape index (κ1) is 18.4. The predicted molar refractivity (Wildman–Crippen MR) is 96.5 cm³/mol. The molecule has 118 valence electrons. The van der Waals surface area contributed by atoms with Gasteiger partial charge in [-0.3, -0.25) is 4.79 Å². The summed E-state index contributed by atoms with van der Waals surface area (Å²) in [7, 11) is 0. The molecule has 0 heterocycles. The quantitative estimate of drug-likeness (QED) is 0.707. The van der Waals surface area contributed by atoms with E-state index in [1.807, 2.05) is 56.4 Å². The molecule has 1 aromatic rings. The van der Waals surface area contributed by atoms with E-state index in [4.69, 9.17) is 0 Å². The van der Waals surface area contributed by atoms with Gasteiger partial charge in [-0.15, -0.1) is 23.5 Å². The molecule has 0 aliphatic rings. The van der Waals surface area contributed by atoms with Crippen LogP contribution in [-0.2, 0) is 4.79 Å². The number of hydrogen-bond acceptors (Lipinski definition) is 3. The summed E-state index contributed by atoms with van der Waals surface area (Å²) in [6.07, 6.45) is 0. The van der Waals surface area contributed by atoms with Gasteiger partial charge in [0.05, 0.1) is 5.69 Å². The molecule has 0 spiro atoms. The zero-order chi connectivity index (χ0) is 16.2. The first-order valence-electron chi connectivity index (χ1n) is 7.39. The van der Waals surface area contributed by atoms with E-state index in [0.29, 0.717) is 10.5 Å². The maximum atomic E-state index is 12.3. The number of nitrogens with one attached hydrogen (secondary N) is 1. The third kappa shape index (κ3) is 5.95. The highest BCUT2D eigenvalue weighted by molar-refractivity contribution is 8.03. The van der Waals surface area contributed by atoms with Gasteiger partial charge in [0.1, 0.15) is 0 Å². The fourth-order valence-electron chi connectivity index (χ4n) is 1.63. The second-order valence-corrected chi connectivity index (χ2v) is 9.88. The number of carbonyl (C=O) groups is 1. The lowest BCUT2D eigenvalue weighted by molar-refractivity contribution is -0.123. The normalized spacial score (nSPS) is 12.0. The van der Waals surface area contributed by atoms with Gasteiger partial charge in [0.2, 0.25) is 5.91 Å². The Balaban J connectivity index is 3.15. The summed E-state index contributed by atoms with van der Waals surface area (Å²) in [5, 5.41) is 4.09. The van der Waals surface area contributed by atoms with E-state index in [1.54, 1.807) is 0 Å². The van der Waals surface area contributed by atoms with Crippen LogP contribution in [0, 0.1) is 5.41 Å². The van der Waals surface area contributed by atoms with Crippen LogP contribution in [0.4, 0.5) is 5.69 Å². The number of benzene rings is 1. The highest BCUT2D eigenvalue weighted by Crippen LogP contribution is 2.40. The zero-order valence-electron chi connectivity index (χ0n) is 14.1. The summed E-state index contributed by atoms with van der Waals surface area (Å²) >= 11 is 3.65. The Labute approximate surface area is 137 Å². The molecule has 21 heavy (non-hydrogen) atoms. The van der Waals surface area contributed by atoms with Crippen molar-refractivity contribution in [1.29, 1.82) is 0 Å². The van der Waals surface area contributed by atoms with Gasteiger partial charge < -0.3 is 5.32 Å². The van der Waals surface area contributed by atoms with Crippen LogP contribution in [0.15, 0.2) is 28.0 Å². The zero-order valence-corrected chi connectivity index (χ0v) is 15.7. The van der Waals surface area contributed by atoms with E-state index in [-0.39, 0.29) is 11.3 Å². The van der Waals surface area contributed by atoms with Crippen molar-refractivity contribution in [3.05, 3.63) is 18.2 Å². The summed E-state index contributed by atoms with van der Waals surface area (Å²) in [5.41, 5.74) is 0.542. The predicted octanol–water partition coefficient (Wildman–Crippen LogP) is 5.67. The Morgan fingerprint density at radius 2 is 1.62 bits per heavy atom. The van der Waals surface area contributed by atoms with E-state index >= 15 is 0 Å². The van der Waals surface area contributed by atoms with Gasteiger partial charge in [0.15, 0.2) is 0 Å². The molecule has 1 aromatic carbocycles. The Morgan fingerprint density at radius 3 is 2.10 bits per heavy atom. The van der Waals surface area contributed by atoms with E-state index in [0.717, 1.165) is 5.69 Å². The highest BCUT2D eigenvalue weighted by atomic mass is 32.2. The third-order valence-electron chi connectivity index (χ3n) is 2.62. The van der Waals surface area contributed by atoms with E-state index in [9.17, 15) is 4.79 Å². The summed E-state index contributed by atoms with van der Waals surface area (Å²) in [4.78, 5) is 14.7. The topological polar surface area (TPSA) is 29.1 Å². The molecule has 0 radical (unpaired) electrons. The summed E-state index contributed by atoms with van der Waals surface area (Å²) in [5.74, 6) is 0.0554. The van der Waals surface area contributed by atoms with E-state index in [1.165, 1.54) is 9.79 Å². The van der Waals surface area contributed by atoms with Crippen LogP contribution in [0.3, 0.4) is 0 Å². The van der Waals surface area contributed by atoms with Crippen LogP contribution < -0.4 is 5.32 Å². The van der Waals surface area contributed by atoms with E-state index in [2.05, 4.69) is 39.1 Å². The van der Waals surface area contributed by atoms with Crippen molar-refractivity contribution in [3.63, 3.8) is 0 Å². The van der Waals surface area contributed by atoms with Crippen LogP contribution in [0.2, 0.25) is 0 Å². The van der Waals surface area contributed by atoms with Gasteiger partial charge in [-0.1, -0.05) is 54.5 Å². The van der Waals surface area contributed by atoms with Crippen LogP contribution >= 0.6 is 23.5 Å². The molecule has 4 heteroatoms. The molecule has 0 fully saturated rings. The van der Waals surface area contributed by atoms with Crippen molar-refractivity contribution in [2.45, 2.75) is 68.8 Å². The van der Waals surface area contributed by atoms with Gasteiger partial charge in [-0.25, -0.2) is 0 Å². The Kier molecular flexibility index (Phi) is 6.67. The molecule has 0 atom stereocenters. The van der Waals surface area contributed by atoms with E-state index < -0.39 is 0 Å². The monoisotopic (exact) mass is 325 g/mol. The van der Waals surface area contributed by atoms with Crippen LogP contribution in [-0.4, -0.2) is 16.4 Å². The lowest BCUT2D eigenvalue weighted by atomic mass is 9.95. The minimum Gasteiger partial charge on any atom is -0.325 e. The average molecular weight is 326 g/mol. The van der Waals surface area contributed by atoms with Gasteiger partial charge >= 0.3 is 0 Å². The lowest BCUT2D eigenvalue weighted by Crippen LogP contribution is -2.27. The number of carbonyl (C=O) groups excluding carboxylic acids is 1. The van der Waals surface area contributed by atoms with Gasteiger partial charge in [-0.2, -0.15) is 0 Å². The average Bonchev–Trinajstić information content (AvgIpc) is 2.30. The molecule has 0 saturated carbocycles. The van der Waals surface area contributed by atoms with Gasteiger partial charge in [-0.05, 0) is 12.1 Å². The third-order valence-corrected chi connectivity index (χ3v) is 4.97. The summed E-state index contributed by atoms with van der Waals surface area (Å²) < 4.78 is 0. The molecule has 0 aliphatic heterocycles. The van der Waals surface area contributed by atoms with Gasteiger partial charge in [0.25, 0.3) is 0 Å². The molecule has 1 amide bonds. The molecule has 0 bridgehead atoms. The minimum absolute atomic E-state index is 0.0554. The fourth-order valence-corrected chi connectivity index (χ4v) is 3.70. The number of rotatable bonds is 5. The van der Waals surface area contributed by atoms with Crippen LogP contribution in [0.25, 0.3) is 0 Å². The molecular formula is C17H27NOS2. The Morgan fingerprint density at radius 1 is 1.05 bits per heavy atom. The molecule has 0 unspecified atom stereocenters. The van der Waals surface area contributed by atoms with Crippen molar-refractivity contribution in [3.8, 4) is 0 Å². The summed E-state index contributed by atoms with van der Waals surface area (Å²) in [6.45, 7) is 14.5. The van der Waals surface area contributed by atoms with Crippen molar-refractivity contribution >= 4 is 35.1 Å². The fraction of sp³-hybridized carbons (Fsp3) is 0.588. The number of anilines is 1. The van der Waals surface area contributed by atoms with Crippen molar-refractivity contribution in [1.82, 2.24) is 0 Å². The number of thioether (sulfide) groups is 2. The van der Waals surface area contributed by atoms with Crippen molar-refractivity contribution in [2.75, 3.05) is 5.32 Å². The number of amides is 1. The first-order chi connectivity index (χ1) is 9.61. The molecule has 0 saturated heterocycles. The molecule has 1 N–H and O–H groups in total.